The number of likely N-dealkylation sites (tertiary alicyclic amines) is 1. The summed E-state index contributed by atoms with van der Waals surface area (Å²) in [7, 11) is 3.75. The van der Waals surface area contributed by atoms with Gasteiger partial charge in [0, 0.05) is 39.3 Å². The fourth-order valence-electron chi connectivity index (χ4n) is 3.42. The van der Waals surface area contributed by atoms with E-state index in [1.54, 1.807) is 13.4 Å². The Labute approximate surface area is 155 Å². The van der Waals surface area contributed by atoms with Crippen molar-refractivity contribution in [2.24, 2.45) is 12.0 Å². The van der Waals surface area contributed by atoms with E-state index in [1.165, 1.54) is 5.56 Å². The summed E-state index contributed by atoms with van der Waals surface area (Å²) in [5, 5.41) is 14.9. The lowest BCUT2D eigenvalue weighted by Crippen LogP contribution is -2.51. The smallest absolute Gasteiger partial charge is 0.191 e. The van der Waals surface area contributed by atoms with Crippen LogP contribution in [0.2, 0.25) is 0 Å². The maximum atomic E-state index is 4.35. The largest absolute Gasteiger partial charge is 0.354 e. The van der Waals surface area contributed by atoms with Crippen molar-refractivity contribution in [3.63, 3.8) is 0 Å². The number of guanidine groups is 1. The minimum Gasteiger partial charge on any atom is -0.354 e. The molecule has 1 aromatic carbocycles. The van der Waals surface area contributed by atoms with E-state index < -0.39 is 0 Å². The van der Waals surface area contributed by atoms with Crippen LogP contribution in [-0.4, -0.2) is 51.3 Å². The molecule has 2 N–H and O–H groups in total. The molecular weight excluding hydrogens is 326 g/mol. The number of benzene rings is 1. The van der Waals surface area contributed by atoms with Gasteiger partial charge in [-0.05, 0) is 25.3 Å². The average Bonchev–Trinajstić information content (AvgIpc) is 3.06. The Morgan fingerprint density at radius 2 is 2.12 bits per heavy atom. The number of hydrogen-bond acceptors (Lipinski definition) is 4. The number of nitrogens with zero attached hydrogens (tertiary/aromatic N) is 5. The van der Waals surface area contributed by atoms with E-state index in [4.69, 9.17) is 0 Å². The van der Waals surface area contributed by atoms with E-state index in [0.29, 0.717) is 18.6 Å². The molecule has 2 heterocycles. The third-order valence-electron chi connectivity index (χ3n) is 5.03. The molecule has 0 radical (unpaired) electrons. The van der Waals surface area contributed by atoms with Crippen molar-refractivity contribution in [2.45, 2.75) is 44.9 Å². The summed E-state index contributed by atoms with van der Waals surface area (Å²) in [6.45, 7) is 5.03. The van der Waals surface area contributed by atoms with Crippen molar-refractivity contribution in [3.05, 3.63) is 48.0 Å². The molecule has 7 heteroatoms. The van der Waals surface area contributed by atoms with Crippen LogP contribution in [0.25, 0.3) is 0 Å². The Kier molecular flexibility index (Phi) is 6.22. The Bertz CT molecular complexity index is 710. The van der Waals surface area contributed by atoms with E-state index in [9.17, 15) is 0 Å². The second-order valence-electron chi connectivity index (χ2n) is 6.95. The Hall–Kier alpha value is -2.41. The van der Waals surface area contributed by atoms with Gasteiger partial charge in [-0.3, -0.25) is 9.89 Å². The zero-order chi connectivity index (χ0) is 18.4. The molecule has 0 bridgehead atoms. The van der Waals surface area contributed by atoms with Gasteiger partial charge < -0.3 is 15.2 Å². The van der Waals surface area contributed by atoms with Crippen LogP contribution >= 0.6 is 0 Å². The molecule has 26 heavy (non-hydrogen) atoms. The van der Waals surface area contributed by atoms with E-state index in [-0.39, 0.29) is 0 Å². The first kappa shape index (κ1) is 18.4. The predicted molar refractivity (Wildman–Crippen MR) is 104 cm³/mol. The Morgan fingerprint density at radius 1 is 1.31 bits per heavy atom. The van der Waals surface area contributed by atoms with Gasteiger partial charge >= 0.3 is 0 Å². The summed E-state index contributed by atoms with van der Waals surface area (Å²) in [5.41, 5.74) is 1.38. The molecule has 0 saturated carbocycles. The van der Waals surface area contributed by atoms with Gasteiger partial charge in [0.1, 0.15) is 6.33 Å². The monoisotopic (exact) mass is 355 g/mol. The van der Waals surface area contributed by atoms with Gasteiger partial charge in [-0.15, -0.1) is 10.2 Å². The second-order valence-corrected chi connectivity index (χ2v) is 6.95. The number of rotatable bonds is 5. The molecule has 0 aliphatic carbocycles. The number of aromatic nitrogens is 3. The summed E-state index contributed by atoms with van der Waals surface area (Å²) in [4.78, 5) is 6.91. The molecule has 7 nitrogen and oxygen atoms in total. The number of nitrogens with one attached hydrogen (secondary N) is 2. The molecule has 140 valence electrons. The summed E-state index contributed by atoms with van der Waals surface area (Å²) >= 11 is 0. The van der Waals surface area contributed by atoms with Gasteiger partial charge in [-0.2, -0.15) is 0 Å². The lowest BCUT2D eigenvalue weighted by atomic mass is 9.97. The molecule has 3 rings (SSSR count). The molecular formula is C19H29N7. The van der Waals surface area contributed by atoms with Gasteiger partial charge in [-0.1, -0.05) is 30.3 Å². The third kappa shape index (κ3) is 4.82. The van der Waals surface area contributed by atoms with Gasteiger partial charge in [0.15, 0.2) is 11.8 Å². The van der Waals surface area contributed by atoms with E-state index in [2.05, 4.69) is 68.0 Å². The molecule has 2 atom stereocenters. The number of aliphatic imine (C=N–C) groups is 1. The van der Waals surface area contributed by atoms with Crippen molar-refractivity contribution in [2.75, 3.05) is 13.6 Å². The van der Waals surface area contributed by atoms with E-state index in [1.807, 2.05) is 11.6 Å². The molecule has 2 aromatic rings. The highest BCUT2D eigenvalue weighted by Gasteiger charge is 2.26. The van der Waals surface area contributed by atoms with Crippen LogP contribution in [0, 0.1) is 0 Å². The fourth-order valence-corrected chi connectivity index (χ4v) is 3.42. The minimum atomic E-state index is 0.433. The average molecular weight is 355 g/mol. The lowest BCUT2D eigenvalue weighted by molar-refractivity contribution is 0.134. The third-order valence-corrected chi connectivity index (χ3v) is 5.03. The highest BCUT2D eigenvalue weighted by Crippen LogP contribution is 2.19. The van der Waals surface area contributed by atoms with Crippen LogP contribution in [0.4, 0.5) is 0 Å². The molecule has 1 aliphatic heterocycles. The van der Waals surface area contributed by atoms with Crippen molar-refractivity contribution in [1.29, 1.82) is 0 Å². The van der Waals surface area contributed by atoms with Gasteiger partial charge in [-0.25, -0.2) is 0 Å². The van der Waals surface area contributed by atoms with E-state index in [0.717, 1.165) is 37.7 Å². The van der Waals surface area contributed by atoms with Crippen LogP contribution in [-0.2, 0) is 20.1 Å². The normalized spacial score (nSPS) is 21.6. The summed E-state index contributed by atoms with van der Waals surface area (Å²) < 4.78 is 1.91. The molecule has 1 aromatic heterocycles. The van der Waals surface area contributed by atoms with Crippen molar-refractivity contribution >= 4 is 5.96 Å². The van der Waals surface area contributed by atoms with Crippen molar-refractivity contribution in [1.82, 2.24) is 30.3 Å². The standard InChI is InChI=1S/C19H29N7/c1-15-11-17(9-10-26(15)13-16-7-5-4-6-8-16)23-19(20-2)21-12-18-24-22-14-25(18)3/h4-8,14-15,17H,9-13H2,1-3H3,(H2,20,21,23). The second kappa shape index (κ2) is 8.80. The maximum Gasteiger partial charge on any atom is 0.191 e. The summed E-state index contributed by atoms with van der Waals surface area (Å²) in [6.07, 6.45) is 3.93. The molecule has 1 fully saturated rings. The first-order valence-corrected chi connectivity index (χ1v) is 9.23. The molecule has 2 unspecified atom stereocenters. The van der Waals surface area contributed by atoms with Crippen molar-refractivity contribution in [3.8, 4) is 0 Å². The van der Waals surface area contributed by atoms with Crippen LogP contribution in [0.15, 0.2) is 41.7 Å². The van der Waals surface area contributed by atoms with E-state index >= 15 is 0 Å². The zero-order valence-electron chi connectivity index (χ0n) is 15.9. The summed E-state index contributed by atoms with van der Waals surface area (Å²) in [5.74, 6) is 1.71. The van der Waals surface area contributed by atoms with Gasteiger partial charge in [0.2, 0.25) is 0 Å². The predicted octanol–water partition coefficient (Wildman–Crippen LogP) is 1.53. The number of hydrogen-bond donors (Lipinski definition) is 2. The number of piperidine rings is 1. The highest BCUT2D eigenvalue weighted by atomic mass is 15.3. The van der Waals surface area contributed by atoms with Crippen LogP contribution in [0.5, 0.6) is 0 Å². The Balaban J connectivity index is 1.47. The first-order chi connectivity index (χ1) is 12.7. The van der Waals surface area contributed by atoms with Gasteiger partial charge in [0.05, 0.1) is 6.54 Å². The lowest BCUT2D eigenvalue weighted by Gasteiger charge is -2.38. The molecule has 0 spiro atoms. The van der Waals surface area contributed by atoms with Gasteiger partial charge in [0.25, 0.3) is 0 Å². The highest BCUT2D eigenvalue weighted by molar-refractivity contribution is 5.79. The molecule has 0 amide bonds. The van der Waals surface area contributed by atoms with Crippen LogP contribution in [0.3, 0.4) is 0 Å². The SMILES string of the molecule is CN=C(NCc1nncn1C)NC1CCN(Cc2ccccc2)C(C)C1. The number of aryl methyl sites for hydroxylation is 1. The zero-order valence-corrected chi connectivity index (χ0v) is 15.9. The van der Waals surface area contributed by atoms with Crippen molar-refractivity contribution < 1.29 is 0 Å². The molecule has 1 saturated heterocycles. The Morgan fingerprint density at radius 3 is 2.77 bits per heavy atom. The topological polar surface area (TPSA) is 70.4 Å². The summed E-state index contributed by atoms with van der Waals surface area (Å²) in [6, 6.07) is 11.7. The quantitative estimate of drug-likeness (QED) is 0.629. The van der Waals surface area contributed by atoms with Crippen LogP contribution in [0.1, 0.15) is 31.2 Å². The minimum absolute atomic E-state index is 0.433. The van der Waals surface area contributed by atoms with Crippen LogP contribution < -0.4 is 10.6 Å². The first-order valence-electron chi connectivity index (χ1n) is 9.23. The fraction of sp³-hybridized carbons (Fsp3) is 0.526. The molecule has 1 aliphatic rings. The maximum absolute atomic E-state index is 4.35.